The van der Waals surface area contributed by atoms with Crippen molar-refractivity contribution in [1.82, 2.24) is 0 Å². The smallest absolute Gasteiger partial charge is 0.261 e. The summed E-state index contributed by atoms with van der Waals surface area (Å²) in [4.78, 5) is 25.9. The molecule has 4 nitrogen and oxygen atoms in total. The van der Waals surface area contributed by atoms with E-state index in [0.717, 1.165) is 11.1 Å². The van der Waals surface area contributed by atoms with Gasteiger partial charge in [-0.3, -0.25) is 9.59 Å². The summed E-state index contributed by atoms with van der Waals surface area (Å²) < 4.78 is 14.2. The molecule has 0 aliphatic heterocycles. The van der Waals surface area contributed by atoms with Crippen molar-refractivity contribution in [2.24, 2.45) is 0 Å². The van der Waals surface area contributed by atoms with Gasteiger partial charge in [-0.15, -0.1) is 0 Å². The molecular formula is C24H21FN2O2. The van der Waals surface area contributed by atoms with Crippen LogP contribution in [0, 0.1) is 19.7 Å². The van der Waals surface area contributed by atoms with Crippen LogP contribution in [0.25, 0.3) is 6.08 Å². The molecule has 3 aromatic carbocycles. The van der Waals surface area contributed by atoms with Gasteiger partial charge in [-0.1, -0.05) is 54.6 Å². The van der Waals surface area contributed by atoms with Gasteiger partial charge in [0.1, 0.15) is 11.4 Å². The predicted octanol–water partition coefficient (Wildman–Crippen LogP) is 5.10. The first kappa shape index (κ1) is 20.0. The quantitative estimate of drug-likeness (QED) is 0.363. The summed E-state index contributed by atoms with van der Waals surface area (Å²) in [5, 5.41) is 5.48. The van der Waals surface area contributed by atoms with Crippen molar-refractivity contribution in [1.29, 1.82) is 0 Å². The summed E-state index contributed by atoms with van der Waals surface area (Å²) in [6.45, 7) is 3.70. The van der Waals surface area contributed by atoms with Crippen LogP contribution in [0.3, 0.4) is 0 Å². The van der Waals surface area contributed by atoms with Crippen LogP contribution >= 0.6 is 0 Å². The molecule has 2 N–H and O–H groups in total. The van der Waals surface area contributed by atoms with Crippen molar-refractivity contribution in [3.05, 3.63) is 101 Å². The first-order chi connectivity index (χ1) is 14.0. The molecule has 0 aliphatic rings. The monoisotopic (exact) mass is 388 g/mol. The molecule has 0 heterocycles. The highest BCUT2D eigenvalue weighted by molar-refractivity contribution is 6.29. The Hall–Kier alpha value is -3.73. The van der Waals surface area contributed by atoms with Gasteiger partial charge in [0.25, 0.3) is 11.8 Å². The number of aryl methyl sites for hydroxylation is 2. The normalized spacial score (nSPS) is 10.2. The van der Waals surface area contributed by atoms with Gasteiger partial charge in [-0.05, 0) is 49.2 Å². The number of para-hydroxylation sites is 2. The van der Waals surface area contributed by atoms with Crippen molar-refractivity contribution in [2.75, 3.05) is 10.6 Å². The minimum Gasteiger partial charge on any atom is -0.322 e. The Labute approximate surface area is 169 Å². The lowest BCUT2D eigenvalue weighted by atomic mass is 10.1. The van der Waals surface area contributed by atoms with Crippen molar-refractivity contribution < 1.29 is 14.0 Å². The van der Waals surface area contributed by atoms with Crippen LogP contribution in [0.4, 0.5) is 15.8 Å². The van der Waals surface area contributed by atoms with E-state index >= 15 is 0 Å². The molecule has 0 saturated heterocycles. The molecular weight excluding hydrogens is 367 g/mol. The van der Waals surface area contributed by atoms with Gasteiger partial charge in [0.2, 0.25) is 0 Å². The molecule has 0 bridgehead atoms. The SMILES string of the molecule is Cc1ccccc1NC(=O)C(=Cc1ccccc1F)C(=O)Nc1ccccc1C. The Morgan fingerprint density at radius 2 is 1.17 bits per heavy atom. The molecule has 0 aromatic heterocycles. The van der Waals surface area contributed by atoms with Gasteiger partial charge in [0.15, 0.2) is 0 Å². The molecule has 0 fully saturated rings. The number of amides is 2. The Balaban J connectivity index is 1.96. The van der Waals surface area contributed by atoms with E-state index < -0.39 is 17.6 Å². The van der Waals surface area contributed by atoms with Crippen LogP contribution in [0.2, 0.25) is 0 Å². The number of rotatable bonds is 5. The number of hydrogen-bond acceptors (Lipinski definition) is 2. The molecule has 5 heteroatoms. The molecule has 0 radical (unpaired) electrons. The summed E-state index contributed by atoms with van der Waals surface area (Å²) >= 11 is 0. The number of halogens is 1. The Bertz CT molecular complexity index is 1030. The lowest BCUT2D eigenvalue weighted by molar-refractivity contribution is -0.118. The van der Waals surface area contributed by atoms with E-state index in [-0.39, 0.29) is 11.1 Å². The fourth-order valence-electron chi connectivity index (χ4n) is 2.79. The van der Waals surface area contributed by atoms with Crippen LogP contribution in [0.1, 0.15) is 16.7 Å². The van der Waals surface area contributed by atoms with E-state index in [4.69, 9.17) is 0 Å². The fourth-order valence-corrected chi connectivity index (χ4v) is 2.79. The lowest BCUT2D eigenvalue weighted by Gasteiger charge is -2.13. The molecule has 0 unspecified atom stereocenters. The number of hydrogen-bond donors (Lipinski definition) is 2. The molecule has 0 aliphatic carbocycles. The largest absolute Gasteiger partial charge is 0.322 e. The topological polar surface area (TPSA) is 58.2 Å². The summed E-state index contributed by atoms with van der Waals surface area (Å²) in [6.07, 6.45) is 1.26. The third-order valence-corrected chi connectivity index (χ3v) is 4.48. The highest BCUT2D eigenvalue weighted by Crippen LogP contribution is 2.19. The lowest BCUT2D eigenvalue weighted by Crippen LogP contribution is -2.26. The molecule has 29 heavy (non-hydrogen) atoms. The maximum absolute atomic E-state index is 14.2. The number of anilines is 2. The highest BCUT2D eigenvalue weighted by atomic mass is 19.1. The third kappa shape index (κ3) is 4.96. The minimum atomic E-state index is -0.617. The van der Waals surface area contributed by atoms with Crippen molar-refractivity contribution >= 4 is 29.3 Å². The number of carbonyl (C=O) groups is 2. The predicted molar refractivity (Wildman–Crippen MR) is 114 cm³/mol. The first-order valence-electron chi connectivity index (χ1n) is 9.16. The number of carbonyl (C=O) groups excluding carboxylic acids is 2. The number of benzene rings is 3. The zero-order valence-electron chi connectivity index (χ0n) is 16.2. The molecule has 0 spiro atoms. The van der Waals surface area contributed by atoms with Crippen molar-refractivity contribution in [2.45, 2.75) is 13.8 Å². The standard InChI is InChI=1S/C24H21FN2O2/c1-16-9-3-7-13-21(16)26-23(28)19(15-18-11-5-6-12-20(18)25)24(29)27-22-14-8-4-10-17(22)2/h3-15H,1-2H3,(H,26,28)(H,27,29). The summed E-state index contributed by atoms with van der Waals surface area (Å²) in [6, 6.07) is 20.5. The Morgan fingerprint density at radius 1 is 0.724 bits per heavy atom. The molecule has 3 rings (SSSR count). The summed E-state index contributed by atoms with van der Waals surface area (Å²) in [5.74, 6) is -1.75. The highest BCUT2D eigenvalue weighted by Gasteiger charge is 2.20. The fraction of sp³-hybridized carbons (Fsp3) is 0.0833. The van der Waals surface area contributed by atoms with Gasteiger partial charge in [-0.2, -0.15) is 0 Å². The van der Waals surface area contributed by atoms with E-state index in [2.05, 4.69) is 10.6 Å². The maximum Gasteiger partial charge on any atom is 0.261 e. The second-order valence-corrected chi connectivity index (χ2v) is 6.62. The van der Waals surface area contributed by atoms with E-state index in [1.165, 1.54) is 18.2 Å². The van der Waals surface area contributed by atoms with Crippen molar-refractivity contribution in [3.63, 3.8) is 0 Å². The average molecular weight is 388 g/mol. The average Bonchev–Trinajstić information content (AvgIpc) is 2.70. The van der Waals surface area contributed by atoms with E-state index in [9.17, 15) is 14.0 Å². The van der Waals surface area contributed by atoms with Crippen LogP contribution in [0.5, 0.6) is 0 Å². The van der Waals surface area contributed by atoms with Crippen LogP contribution in [-0.4, -0.2) is 11.8 Å². The van der Waals surface area contributed by atoms with Crippen LogP contribution in [0.15, 0.2) is 78.4 Å². The van der Waals surface area contributed by atoms with Gasteiger partial charge in [-0.25, -0.2) is 4.39 Å². The van der Waals surface area contributed by atoms with Crippen molar-refractivity contribution in [3.8, 4) is 0 Å². The number of nitrogens with one attached hydrogen (secondary N) is 2. The molecule has 0 atom stereocenters. The minimum absolute atomic E-state index is 0.155. The first-order valence-corrected chi connectivity index (χ1v) is 9.16. The van der Waals surface area contributed by atoms with Gasteiger partial charge in [0, 0.05) is 16.9 Å². The van der Waals surface area contributed by atoms with E-state index in [0.29, 0.717) is 11.4 Å². The van der Waals surface area contributed by atoms with Gasteiger partial charge < -0.3 is 10.6 Å². The summed E-state index contributed by atoms with van der Waals surface area (Å²) in [7, 11) is 0. The molecule has 0 saturated carbocycles. The van der Waals surface area contributed by atoms with Gasteiger partial charge >= 0.3 is 0 Å². The second-order valence-electron chi connectivity index (χ2n) is 6.62. The molecule has 3 aromatic rings. The Morgan fingerprint density at radius 3 is 1.66 bits per heavy atom. The zero-order valence-corrected chi connectivity index (χ0v) is 16.2. The zero-order chi connectivity index (χ0) is 20.8. The third-order valence-electron chi connectivity index (χ3n) is 4.48. The Kier molecular flexibility index (Phi) is 6.19. The molecule has 146 valence electrons. The van der Waals surface area contributed by atoms with E-state index in [1.54, 1.807) is 36.4 Å². The van der Waals surface area contributed by atoms with Crippen LogP contribution < -0.4 is 10.6 Å². The van der Waals surface area contributed by atoms with Gasteiger partial charge in [0.05, 0.1) is 0 Å². The molecule has 2 amide bonds. The second kappa shape index (κ2) is 8.97. The van der Waals surface area contributed by atoms with E-state index in [1.807, 2.05) is 38.1 Å². The maximum atomic E-state index is 14.2. The van der Waals surface area contributed by atoms with Crippen LogP contribution in [-0.2, 0) is 9.59 Å². The summed E-state index contributed by atoms with van der Waals surface area (Å²) in [5.41, 5.74) is 2.83.